The van der Waals surface area contributed by atoms with Crippen LogP contribution in [0.3, 0.4) is 0 Å². The molecule has 12 heteroatoms. The first-order valence-corrected chi connectivity index (χ1v) is 17.9. The van der Waals surface area contributed by atoms with E-state index in [0.29, 0.717) is 41.8 Å². The Morgan fingerprint density at radius 3 is 2.56 bits per heavy atom. The molecule has 1 fully saturated rings. The molecule has 3 aromatic heterocycles. The summed E-state index contributed by atoms with van der Waals surface area (Å²) in [5.74, 6) is 4.68. The van der Waals surface area contributed by atoms with Gasteiger partial charge >= 0.3 is 0 Å². The van der Waals surface area contributed by atoms with Crippen LogP contribution in [0.15, 0.2) is 85.3 Å². The molecule has 3 aromatic carbocycles. The summed E-state index contributed by atoms with van der Waals surface area (Å²) in [7, 11) is 1.62. The van der Waals surface area contributed by atoms with Crippen LogP contribution in [0.25, 0.3) is 44.1 Å². The number of imide groups is 1. The van der Waals surface area contributed by atoms with Crippen molar-refractivity contribution in [1.29, 1.82) is 0 Å². The van der Waals surface area contributed by atoms with Crippen LogP contribution in [0, 0.1) is 18.8 Å². The third kappa shape index (κ3) is 6.57. The number of hydrogen-bond donors (Lipinski definition) is 4. The number of aryl methyl sites for hydroxylation is 1. The minimum atomic E-state index is -0.692. The Morgan fingerprint density at radius 2 is 1.76 bits per heavy atom. The van der Waals surface area contributed by atoms with E-state index in [-0.39, 0.29) is 42.3 Å². The summed E-state index contributed by atoms with van der Waals surface area (Å²) in [6.07, 6.45) is 6.06. The van der Waals surface area contributed by atoms with E-state index in [2.05, 4.69) is 43.8 Å². The van der Waals surface area contributed by atoms with Crippen LogP contribution in [0.4, 0.5) is 0 Å². The number of H-pyrrole nitrogens is 1. The van der Waals surface area contributed by atoms with Crippen LogP contribution < -0.4 is 16.0 Å². The zero-order chi connectivity index (χ0) is 38.2. The Kier molecular flexibility index (Phi) is 9.12. The summed E-state index contributed by atoms with van der Waals surface area (Å²) < 4.78 is 0. The van der Waals surface area contributed by atoms with Crippen LogP contribution >= 0.6 is 0 Å². The highest BCUT2D eigenvalue weighted by atomic mass is 16.2. The maximum atomic E-state index is 13.1. The Labute approximate surface area is 315 Å². The Hall–Kier alpha value is -7.13. The molecule has 5 heterocycles. The van der Waals surface area contributed by atoms with Gasteiger partial charge in [-0.3, -0.25) is 39.3 Å². The highest BCUT2D eigenvalue weighted by Crippen LogP contribution is 2.35. The number of rotatable bonds is 7. The first-order valence-electron chi connectivity index (χ1n) is 17.9. The standard InChI is InChI=1S/C43H35N7O5/c1-24-17-28(18-31-33(40(52)44-2)22-48-39(24)31)29-10-6-9-26-19-36(47-21-32(26)29)27-12-13-35(46-20-27)41(53)45-16-4-3-7-25-8-5-11-30-34(25)23-50(43(30)55)37-14-15-38(51)49-42(37)54/h5-6,8-13,17-22,37,48H,4,14-16,23H2,1-2H3,(H,44,52)(H,45,53)(H,49,51,54). The van der Waals surface area contributed by atoms with Gasteiger partial charge in [0.15, 0.2) is 0 Å². The molecule has 1 unspecified atom stereocenters. The second-order valence-electron chi connectivity index (χ2n) is 13.6. The van der Waals surface area contributed by atoms with Crippen molar-refractivity contribution in [3.05, 3.63) is 119 Å². The summed E-state index contributed by atoms with van der Waals surface area (Å²) in [5.41, 5.74) is 8.21. The fourth-order valence-electron chi connectivity index (χ4n) is 7.34. The second-order valence-corrected chi connectivity index (χ2v) is 13.6. The molecule has 1 atom stereocenters. The van der Waals surface area contributed by atoms with Crippen molar-refractivity contribution >= 4 is 51.2 Å². The Balaban J connectivity index is 0.913. The van der Waals surface area contributed by atoms with Gasteiger partial charge in [-0.15, -0.1) is 0 Å². The number of pyridine rings is 2. The molecule has 2 aliphatic heterocycles. The van der Waals surface area contributed by atoms with Gasteiger partial charge in [0.05, 0.1) is 11.3 Å². The lowest BCUT2D eigenvalue weighted by molar-refractivity contribution is -0.136. The molecule has 12 nitrogen and oxygen atoms in total. The molecule has 272 valence electrons. The lowest BCUT2D eigenvalue weighted by Crippen LogP contribution is -2.52. The van der Waals surface area contributed by atoms with E-state index >= 15 is 0 Å². The van der Waals surface area contributed by atoms with Crippen molar-refractivity contribution in [1.82, 2.24) is 35.8 Å². The van der Waals surface area contributed by atoms with E-state index in [1.807, 2.05) is 55.6 Å². The molecule has 6 aromatic rings. The van der Waals surface area contributed by atoms with E-state index in [9.17, 15) is 24.0 Å². The number of nitrogens with one attached hydrogen (secondary N) is 4. The topological polar surface area (TPSA) is 166 Å². The molecular weight excluding hydrogens is 695 g/mol. The maximum absolute atomic E-state index is 13.1. The number of fused-ring (bicyclic) bond motifs is 3. The van der Waals surface area contributed by atoms with E-state index in [1.54, 1.807) is 37.6 Å². The van der Waals surface area contributed by atoms with Crippen LogP contribution in [0.2, 0.25) is 0 Å². The number of aromatic nitrogens is 3. The van der Waals surface area contributed by atoms with Crippen LogP contribution in [0.5, 0.6) is 0 Å². The molecule has 5 amide bonds. The summed E-state index contributed by atoms with van der Waals surface area (Å²) >= 11 is 0. The molecule has 0 radical (unpaired) electrons. The van der Waals surface area contributed by atoms with Crippen molar-refractivity contribution in [2.24, 2.45) is 0 Å². The fraction of sp³-hybridized carbons (Fsp3) is 0.186. The molecule has 55 heavy (non-hydrogen) atoms. The fourth-order valence-corrected chi connectivity index (χ4v) is 7.34. The second kappa shape index (κ2) is 14.4. The third-order valence-corrected chi connectivity index (χ3v) is 10.2. The average molecular weight is 730 g/mol. The zero-order valence-corrected chi connectivity index (χ0v) is 30.1. The summed E-state index contributed by atoms with van der Waals surface area (Å²) in [6.45, 7) is 2.56. The van der Waals surface area contributed by atoms with Crippen molar-refractivity contribution in [3.8, 4) is 34.2 Å². The molecule has 0 aliphatic carbocycles. The Bertz CT molecular complexity index is 2650. The van der Waals surface area contributed by atoms with Crippen molar-refractivity contribution in [2.75, 3.05) is 13.6 Å². The highest BCUT2D eigenvalue weighted by molar-refractivity contribution is 6.09. The van der Waals surface area contributed by atoms with E-state index in [1.165, 1.54) is 4.90 Å². The van der Waals surface area contributed by atoms with Gasteiger partial charge in [0.1, 0.15) is 11.7 Å². The molecule has 4 N–H and O–H groups in total. The molecule has 0 spiro atoms. The summed E-state index contributed by atoms with van der Waals surface area (Å²) in [5, 5.41) is 10.7. The number of carbonyl (C=O) groups excluding carboxylic acids is 5. The number of piperidine rings is 1. The number of nitrogens with zero attached hydrogens (tertiary/aromatic N) is 3. The van der Waals surface area contributed by atoms with E-state index < -0.39 is 11.9 Å². The zero-order valence-electron chi connectivity index (χ0n) is 30.1. The predicted molar refractivity (Wildman–Crippen MR) is 207 cm³/mol. The first-order chi connectivity index (χ1) is 26.7. The molecule has 1 saturated heterocycles. The predicted octanol–water partition coefficient (Wildman–Crippen LogP) is 5.05. The molecule has 0 saturated carbocycles. The lowest BCUT2D eigenvalue weighted by atomic mass is 9.95. The third-order valence-electron chi connectivity index (χ3n) is 10.2. The Morgan fingerprint density at radius 1 is 0.927 bits per heavy atom. The minimum Gasteiger partial charge on any atom is -0.360 e. The van der Waals surface area contributed by atoms with Gasteiger partial charge in [-0.25, -0.2) is 0 Å². The molecular formula is C43H35N7O5. The smallest absolute Gasteiger partial charge is 0.269 e. The first kappa shape index (κ1) is 34.9. The average Bonchev–Trinajstić information content (AvgIpc) is 3.78. The molecule has 0 bridgehead atoms. The number of aromatic amines is 1. The van der Waals surface area contributed by atoms with Gasteiger partial charge in [0.25, 0.3) is 17.7 Å². The van der Waals surface area contributed by atoms with Gasteiger partial charge in [0, 0.05) is 84.5 Å². The van der Waals surface area contributed by atoms with E-state index in [4.69, 9.17) is 4.98 Å². The number of carbonyl (C=O) groups is 5. The maximum Gasteiger partial charge on any atom is 0.269 e. The van der Waals surface area contributed by atoms with Gasteiger partial charge in [0.2, 0.25) is 11.8 Å². The van der Waals surface area contributed by atoms with Crippen molar-refractivity contribution in [2.45, 2.75) is 38.8 Å². The number of benzene rings is 3. The normalized spacial score (nSPS) is 15.1. The van der Waals surface area contributed by atoms with Crippen LogP contribution in [-0.4, -0.2) is 69.0 Å². The summed E-state index contributed by atoms with van der Waals surface area (Å²) in [4.78, 5) is 76.4. The number of amides is 5. The van der Waals surface area contributed by atoms with Crippen molar-refractivity contribution in [3.63, 3.8) is 0 Å². The van der Waals surface area contributed by atoms with Crippen LogP contribution in [0.1, 0.15) is 67.2 Å². The largest absolute Gasteiger partial charge is 0.360 e. The van der Waals surface area contributed by atoms with Gasteiger partial charge < -0.3 is 20.5 Å². The van der Waals surface area contributed by atoms with Gasteiger partial charge in [-0.1, -0.05) is 36.1 Å². The highest BCUT2D eigenvalue weighted by Gasteiger charge is 2.39. The van der Waals surface area contributed by atoms with Gasteiger partial charge in [-0.2, -0.15) is 0 Å². The molecule has 2 aliphatic rings. The van der Waals surface area contributed by atoms with Crippen molar-refractivity contribution < 1.29 is 24.0 Å². The quantitative estimate of drug-likeness (QED) is 0.101. The summed E-state index contributed by atoms with van der Waals surface area (Å²) in [6, 6.07) is 20.3. The lowest BCUT2D eigenvalue weighted by Gasteiger charge is -2.29. The van der Waals surface area contributed by atoms with Crippen LogP contribution in [-0.2, 0) is 16.1 Å². The monoisotopic (exact) mass is 729 g/mol. The number of hydrogen-bond acceptors (Lipinski definition) is 7. The minimum absolute atomic E-state index is 0.149. The van der Waals surface area contributed by atoms with Gasteiger partial charge in [-0.05, 0) is 83.4 Å². The SMILES string of the molecule is CNC(=O)c1c[nH]c2c(C)cc(-c3cccc4cc(-c5ccc(C(=O)NCCC#Cc6cccc7c6CN(C6CCC(=O)NC6=O)C7=O)nc5)ncc34)cc12. The van der Waals surface area contributed by atoms with E-state index in [0.717, 1.165) is 49.5 Å². The molecule has 8 rings (SSSR count).